The Kier molecular flexibility index (Phi) is 3.60. The number of non-ortho nitro benzene ring substituents is 1. The number of nitro benzene ring substituents is 1. The molecule has 2 rings (SSSR count). The Bertz CT molecular complexity index is 596. The van der Waals surface area contributed by atoms with Crippen LogP contribution in [-0.4, -0.2) is 27.0 Å². The van der Waals surface area contributed by atoms with Crippen molar-refractivity contribution in [3.8, 4) is 5.75 Å². The fourth-order valence-corrected chi connectivity index (χ4v) is 1.61. The van der Waals surface area contributed by atoms with E-state index in [0.717, 1.165) is 5.69 Å². The standard InChI is InChI=1S/C11H13N5O3/c1-15-7-8(13-14-15)6-12-10-5-9(16(17)18)3-4-11(10)19-2/h3-5,7,12H,6H2,1-2H3. The van der Waals surface area contributed by atoms with Crippen LogP contribution in [0.1, 0.15) is 5.69 Å². The van der Waals surface area contributed by atoms with E-state index in [-0.39, 0.29) is 5.69 Å². The number of aromatic nitrogens is 3. The Hall–Kier alpha value is -2.64. The van der Waals surface area contributed by atoms with Gasteiger partial charge in [-0.2, -0.15) is 0 Å². The number of rotatable bonds is 5. The largest absolute Gasteiger partial charge is 0.495 e. The van der Waals surface area contributed by atoms with Gasteiger partial charge in [-0.1, -0.05) is 5.21 Å². The van der Waals surface area contributed by atoms with Crippen LogP contribution in [-0.2, 0) is 13.6 Å². The number of methoxy groups -OCH3 is 1. The number of nitrogens with one attached hydrogen (secondary N) is 1. The lowest BCUT2D eigenvalue weighted by Crippen LogP contribution is -2.02. The topological polar surface area (TPSA) is 95.1 Å². The fourth-order valence-electron chi connectivity index (χ4n) is 1.61. The first kappa shape index (κ1) is 12.8. The molecular formula is C11H13N5O3. The Morgan fingerprint density at radius 1 is 1.53 bits per heavy atom. The molecule has 0 aliphatic carbocycles. The van der Waals surface area contributed by atoms with Gasteiger partial charge < -0.3 is 10.1 Å². The van der Waals surface area contributed by atoms with Gasteiger partial charge >= 0.3 is 0 Å². The van der Waals surface area contributed by atoms with Crippen LogP contribution in [0.5, 0.6) is 5.75 Å². The quantitative estimate of drug-likeness (QED) is 0.646. The van der Waals surface area contributed by atoms with E-state index in [1.807, 2.05) is 0 Å². The second kappa shape index (κ2) is 5.34. The summed E-state index contributed by atoms with van der Waals surface area (Å²) >= 11 is 0. The van der Waals surface area contributed by atoms with E-state index >= 15 is 0 Å². The van der Waals surface area contributed by atoms with Crippen LogP contribution in [0.3, 0.4) is 0 Å². The summed E-state index contributed by atoms with van der Waals surface area (Å²) < 4.78 is 6.73. The molecule has 0 radical (unpaired) electrons. The van der Waals surface area contributed by atoms with Crippen LogP contribution >= 0.6 is 0 Å². The highest BCUT2D eigenvalue weighted by atomic mass is 16.6. The Balaban J connectivity index is 2.17. The lowest BCUT2D eigenvalue weighted by molar-refractivity contribution is -0.384. The van der Waals surface area contributed by atoms with Crippen LogP contribution in [0, 0.1) is 10.1 Å². The minimum atomic E-state index is -0.451. The molecule has 0 bridgehead atoms. The molecule has 0 aliphatic heterocycles. The van der Waals surface area contributed by atoms with Gasteiger partial charge in [0, 0.05) is 25.4 Å². The molecule has 19 heavy (non-hydrogen) atoms. The number of anilines is 1. The second-order valence-corrected chi connectivity index (χ2v) is 3.88. The third kappa shape index (κ3) is 2.97. The lowest BCUT2D eigenvalue weighted by Gasteiger charge is -2.09. The maximum atomic E-state index is 10.7. The predicted octanol–water partition coefficient (Wildman–Crippen LogP) is 1.34. The molecule has 0 spiro atoms. The zero-order valence-electron chi connectivity index (χ0n) is 10.5. The fraction of sp³-hybridized carbons (Fsp3) is 0.273. The van der Waals surface area contributed by atoms with E-state index in [4.69, 9.17) is 4.74 Å². The van der Waals surface area contributed by atoms with Gasteiger partial charge in [0.25, 0.3) is 5.69 Å². The first-order valence-electron chi connectivity index (χ1n) is 5.51. The number of hydrogen-bond acceptors (Lipinski definition) is 6. The molecule has 1 aromatic carbocycles. The van der Waals surface area contributed by atoms with Crippen LogP contribution < -0.4 is 10.1 Å². The predicted molar refractivity (Wildman–Crippen MR) is 68.0 cm³/mol. The average molecular weight is 263 g/mol. The lowest BCUT2D eigenvalue weighted by atomic mass is 10.2. The SMILES string of the molecule is COc1ccc([N+](=O)[O-])cc1NCc1cn(C)nn1. The minimum Gasteiger partial charge on any atom is -0.495 e. The zero-order chi connectivity index (χ0) is 13.8. The summed E-state index contributed by atoms with van der Waals surface area (Å²) in [5.74, 6) is 0.537. The summed E-state index contributed by atoms with van der Waals surface area (Å²) in [5, 5.41) is 21.5. The summed E-state index contributed by atoms with van der Waals surface area (Å²) in [4.78, 5) is 10.3. The maximum Gasteiger partial charge on any atom is 0.271 e. The van der Waals surface area contributed by atoms with E-state index in [9.17, 15) is 10.1 Å². The Morgan fingerprint density at radius 2 is 2.32 bits per heavy atom. The van der Waals surface area contributed by atoms with Crippen LogP contribution in [0.25, 0.3) is 0 Å². The van der Waals surface area contributed by atoms with Crippen molar-refractivity contribution in [1.82, 2.24) is 15.0 Å². The molecule has 0 saturated heterocycles. The minimum absolute atomic E-state index is 0.00226. The van der Waals surface area contributed by atoms with Crippen molar-refractivity contribution in [2.45, 2.75) is 6.54 Å². The molecule has 2 aromatic rings. The number of aryl methyl sites for hydroxylation is 1. The van der Waals surface area contributed by atoms with Gasteiger partial charge in [-0.3, -0.25) is 14.8 Å². The third-order valence-electron chi connectivity index (χ3n) is 2.50. The number of nitro groups is 1. The summed E-state index contributed by atoms with van der Waals surface area (Å²) in [5.41, 5.74) is 1.28. The highest BCUT2D eigenvalue weighted by Crippen LogP contribution is 2.29. The van der Waals surface area contributed by atoms with Crippen LogP contribution in [0.15, 0.2) is 24.4 Å². The molecule has 0 unspecified atom stereocenters. The smallest absolute Gasteiger partial charge is 0.271 e. The molecule has 0 saturated carbocycles. The van der Waals surface area contributed by atoms with Crippen LogP contribution in [0.2, 0.25) is 0 Å². The van der Waals surface area contributed by atoms with Gasteiger partial charge in [0.2, 0.25) is 0 Å². The van der Waals surface area contributed by atoms with E-state index in [1.54, 1.807) is 24.0 Å². The molecule has 0 aliphatic rings. The molecule has 8 heteroatoms. The van der Waals surface area contributed by atoms with E-state index < -0.39 is 4.92 Å². The highest BCUT2D eigenvalue weighted by Gasteiger charge is 2.11. The average Bonchev–Trinajstić information content (AvgIpc) is 2.81. The van der Waals surface area contributed by atoms with Gasteiger partial charge in [0.1, 0.15) is 11.4 Å². The van der Waals surface area contributed by atoms with E-state index in [1.165, 1.54) is 19.2 Å². The van der Waals surface area contributed by atoms with Crippen molar-refractivity contribution in [2.24, 2.45) is 7.05 Å². The second-order valence-electron chi connectivity index (χ2n) is 3.88. The first-order valence-corrected chi connectivity index (χ1v) is 5.51. The van der Waals surface area contributed by atoms with Crippen molar-refractivity contribution in [1.29, 1.82) is 0 Å². The van der Waals surface area contributed by atoms with E-state index in [2.05, 4.69) is 15.6 Å². The summed E-state index contributed by atoms with van der Waals surface area (Å²) in [6.45, 7) is 0.408. The molecular weight excluding hydrogens is 250 g/mol. The zero-order valence-corrected chi connectivity index (χ0v) is 10.5. The third-order valence-corrected chi connectivity index (χ3v) is 2.50. The molecule has 0 amide bonds. The van der Waals surface area contributed by atoms with Crippen molar-refractivity contribution < 1.29 is 9.66 Å². The van der Waals surface area contributed by atoms with Crippen molar-refractivity contribution in [3.05, 3.63) is 40.2 Å². The number of nitrogens with zero attached hydrogens (tertiary/aromatic N) is 4. The van der Waals surface area contributed by atoms with Crippen molar-refractivity contribution in [2.75, 3.05) is 12.4 Å². The van der Waals surface area contributed by atoms with Gasteiger partial charge in [-0.15, -0.1) is 5.10 Å². The Labute approximate surface area is 109 Å². The number of hydrogen-bond donors (Lipinski definition) is 1. The number of benzene rings is 1. The number of ether oxygens (including phenoxy) is 1. The molecule has 8 nitrogen and oxygen atoms in total. The molecule has 1 N–H and O–H groups in total. The maximum absolute atomic E-state index is 10.7. The first-order chi connectivity index (χ1) is 9.10. The van der Waals surface area contributed by atoms with Crippen molar-refractivity contribution >= 4 is 11.4 Å². The molecule has 0 atom stereocenters. The van der Waals surface area contributed by atoms with Gasteiger partial charge in [-0.05, 0) is 6.07 Å². The van der Waals surface area contributed by atoms with Gasteiger partial charge in [-0.25, -0.2) is 0 Å². The Morgan fingerprint density at radius 3 is 2.89 bits per heavy atom. The summed E-state index contributed by atoms with van der Waals surface area (Å²) in [6, 6.07) is 4.37. The van der Waals surface area contributed by atoms with Crippen LogP contribution in [0.4, 0.5) is 11.4 Å². The summed E-state index contributed by atoms with van der Waals surface area (Å²) in [6.07, 6.45) is 1.76. The summed E-state index contributed by atoms with van der Waals surface area (Å²) in [7, 11) is 3.28. The molecule has 100 valence electrons. The normalized spacial score (nSPS) is 10.2. The van der Waals surface area contributed by atoms with Gasteiger partial charge in [0.05, 0.1) is 24.3 Å². The molecule has 1 aromatic heterocycles. The molecule has 0 fully saturated rings. The monoisotopic (exact) mass is 263 g/mol. The molecule has 1 heterocycles. The van der Waals surface area contributed by atoms with E-state index in [0.29, 0.717) is 18.0 Å². The van der Waals surface area contributed by atoms with Gasteiger partial charge in [0.15, 0.2) is 0 Å². The van der Waals surface area contributed by atoms with Crippen molar-refractivity contribution in [3.63, 3.8) is 0 Å². The highest BCUT2D eigenvalue weighted by molar-refractivity contribution is 5.61.